The third kappa shape index (κ3) is 7.42. The van der Waals surface area contributed by atoms with Crippen molar-refractivity contribution >= 4 is 18.9 Å². The number of hydrogen-bond donors (Lipinski definition) is 4. The van der Waals surface area contributed by atoms with E-state index in [-0.39, 0.29) is 18.9 Å². The Kier molecular flexibility index (Phi) is 9.09. The molecule has 2 amide bonds. The van der Waals surface area contributed by atoms with E-state index in [1.807, 2.05) is 55.5 Å². The SMILES string of the molecule is COc1cccc(CNC(=O)C(C(=O)N[C@@H](Cc2ccc(C)cc2)B(O)O)C(C)C)c1. The number of carbonyl (C=O) groups excluding carboxylic acids is 2. The van der Waals surface area contributed by atoms with Crippen LogP contribution in [-0.4, -0.2) is 42.0 Å². The van der Waals surface area contributed by atoms with Crippen LogP contribution in [-0.2, 0) is 22.6 Å². The normalized spacial score (nSPS) is 12.7. The first-order chi connectivity index (χ1) is 14.7. The van der Waals surface area contributed by atoms with Crippen LogP contribution in [0.3, 0.4) is 0 Å². The van der Waals surface area contributed by atoms with Crippen LogP contribution in [0.25, 0.3) is 0 Å². The number of amides is 2. The number of methoxy groups -OCH3 is 1. The van der Waals surface area contributed by atoms with E-state index in [9.17, 15) is 19.6 Å². The second kappa shape index (κ2) is 11.5. The lowest BCUT2D eigenvalue weighted by Gasteiger charge is -2.24. The van der Waals surface area contributed by atoms with E-state index in [0.717, 1.165) is 16.7 Å². The van der Waals surface area contributed by atoms with Gasteiger partial charge in [-0.15, -0.1) is 0 Å². The molecular weight excluding hydrogens is 395 g/mol. The summed E-state index contributed by atoms with van der Waals surface area (Å²) in [6.45, 7) is 5.77. The minimum Gasteiger partial charge on any atom is -0.497 e. The maximum atomic E-state index is 12.9. The van der Waals surface area contributed by atoms with Gasteiger partial charge in [0.05, 0.1) is 13.1 Å². The molecule has 166 valence electrons. The van der Waals surface area contributed by atoms with Crippen LogP contribution in [0.5, 0.6) is 5.75 Å². The highest BCUT2D eigenvalue weighted by molar-refractivity contribution is 6.43. The average molecular weight is 426 g/mol. The van der Waals surface area contributed by atoms with E-state index in [1.54, 1.807) is 21.0 Å². The third-order valence-electron chi connectivity index (χ3n) is 5.10. The first kappa shape index (κ1) is 24.4. The number of carbonyl (C=O) groups is 2. The summed E-state index contributed by atoms with van der Waals surface area (Å²) >= 11 is 0. The van der Waals surface area contributed by atoms with E-state index in [1.165, 1.54) is 0 Å². The van der Waals surface area contributed by atoms with Crippen LogP contribution in [0.4, 0.5) is 0 Å². The minimum atomic E-state index is -1.75. The molecular formula is C23H31BN2O5. The van der Waals surface area contributed by atoms with Crippen molar-refractivity contribution in [2.75, 3.05) is 7.11 Å². The van der Waals surface area contributed by atoms with Crippen LogP contribution in [0.2, 0.25) is 0 Å². The zero-order chi connectivity index (χ0) is 23.0. The van der Waals surface area contributed by atoms with E-state index in [0.29, 0.717) is 5.75 Å². The number of aryl methyl sites for hydroxylation is 1. The van der Waals surface area contributed by atoms with Gasteiger partial charge in [0.2, 0.25) is 11.8 Å². The molecule has 0 aliphatic rings. The summed E-state index contributed by atoms with van der Waals surface area (Å²) in [6.07, 6.45) is 0.236. The molecule has 7 nitrogen and oxygen atoms in total. The standard InChI is InChI=1S/C23H31BN2O5/c1-15(2)21(22(27)25-14-18-6-5-7-19(12-18)31-4)23(28)26-20(24(29)30)13-17-10-8-16(3)9-11-17/h5-12,15,20-21,29-30H,13-14H2,1-4H3,(H,25,27)(H,26,28)/t20-,21?/m0/s1. The molecule has 0 saturated carbocycles. The fourth-order valence-corrected chi connectivity index (χ4v) is 3.29. The van der Waals surface area contributed by atoms with Crippen LogP contribution in [0.1, 0.15) is 30.5 Å². The number of rotatable bonds is 10. The lowest BCUT2D eigenvalue weighted by molar-refractivity contribution is -0.137. The molecule has 2 rings (SSSR count). The average Bonchev–Trinajstić information content (AvgIpc) is 2.73. The molecule has 0 aliphatic heterocycles. The molecule has 2 aromatic rings. The van der Waals surface area contributed by atoms with Crippen molar-refractivity contribution in [3.8, 4) is 5.75 Å². The molecule has 2 aromatic carbocycles. The van der Waals surface area contributed by atoms with Crippen molar-refractivity contribution in [3.63, 3.8) is 0 Å². The quantitative estimate of drug-likeness (QED) is 0.341. The summed E-state index contributed by atoms with van der Waals surface area (Å²) in [6, 6.07) is 14.9. The van der Waals surface area contributed by atoms with Gasteiger partial charge < -0.3 is 25.4 Å². The summed E-state index contributed by atoms with van der Waals surface area (Å²) in [4.78, 5) is 25.7. The molecule has 4 N–H and O–H groups in total. The highest BCUT2D eigenvalue weighted by Gasteiger charge is 2.34. The third-order valence-corrected chi connectivity index (χ3v) is 5.10. The predicted octanol–water partition coefficient (Wildman–Crippen LogP) is 1.63. The smallest absolute Gasteiger partial charge is 0.475 e. The zero-order valence-electron chi connectivity index (χ0n) is 18.5. The van der Waals surface area contributed by atoms with Gasteiger partial charge in [-0.3, -0.25) is 9.59 Å². The lowest BCUT2D eigenvalue weighted by atomic mass is 9.75. The molecule has 1 unspecified atom stereocenters. The lowest BCUT2D eigenvalue weighted by Crippen LogP contribution is -2.53. The molecule has 0 spiro atoms. The number of benzene rings is 2. The van der Waals surface area contributed by atoms with Crippen LogP contribution < -0.4 is 15.4 Å². The Morgan fingerprint density at radius 1 is 1.03 bits per heavy atom. The molecule has 0 bridgehead atoms. The second-order valence-electron chi connectivity index (χ2n) is 8.01. The first-order valence-corrected chi connectivity index (χ1v) is 10.3. The zero-order valence-corrected chi connectivity index (χ0v) is 18.5. The van der Waals surface area contributed by atoms with Crippen molar-refractivity contribution in [1.29, 1.82) is 0 Å². The summed E-state index contributed by atoms with van der Waals surface area (Å²) in [5, 5.41) is 25.0. The number of ether oxygens (including phenoxy) is 1. The van der Waals surface area contributed by atoms with Gasteiger partial charge in [0.15, 0.2) is 0 Å². The van der Waals surface area contributed by atoms with Gasteiger partial charge in [0.1, 0.15) is 11.7 Å². The summed E-state index contributed by atoms with van der Waals surface area (Å²) in [5.41, 5.74) is 2.78. The fraction of sp³-hybridized carbons (Fsp3) is 0.391. The highest BCUT2D eigenvalue weighted by Crippen LogP contribution is 2.15. The van der Waals surface area contributed by atoms with Crippen LogP contribution in [0.15, 0.2) is 48.5 Å². The number of hydrogen-bond acceptors (Lipinski definition) is 5. The Morgan fingerprint density at radius 3 is 2.29 bits per heavy atom. The molecule has 0 fully saturated rings. The van der Waals surface area contributed by atoms with Crippen molar-refractivity contribution in [3.05, 3.63) is 65.2 Å². The van der Waals surface area contributed by atoms with E-state index in [4.69, 9.17) is 4.74 Å². The maximum Gasteiger partial charge on any atom is 0.475 e. The van der Waals surface area contributed by atoms with Crippen LogP contribution >= 0.6 is 0 Å². The molecule has 8 heteroatoms. The van der Waals surface area contributed by atoms with E-state index < -0.39 is 30.8 Å². The Morgan fingerprint density at radius 2 is 1.71 bits per heavy atom. The van der Waals surface area contributed by atoms with Gasteiger partial charge >= 0.3 is 7.12 Å². The highest BCUT2D eigenvalue weighted by atomic mass is 16.5. The minimum absolute atomic E-state index is 0.236. The van der Waals surface area contributed by atoms with Crippen LogP contribution in [0, 0.1) is 18.8 Å². The Labute approximate surface area is 184 Å². The second-order valence-corrected chi connectivity index (χ2v) is 8.01. The molecule has 0 radical (unpaired) electrons. The maximum absolute atomic E-state index is 12.9. The van der Waals surface area contributed by atoms with Crippen molar-refractivity contribution in [1.82, 2.24) is 10.6 Å². The van der Waals surface area contributed by atoms with E-state index >= 15 is 0 Å². The number of nitrogens with one attached hydrogen (secondary N) is 2. The van der Waals surface area contributed by atoms with Gasteiger partial charge in [-0.1, -0.05) is 55.8 Å². The van der Waals surface area contributed by atoms with Gasteiger partial charge in [-0.05, 0) is 42.5 Å². The first-order valence-electron chi connectivity index (χ1n) is 10.3. The van der Waals surface area contributed by atoms with Crippen molar-refractivity contribution in [2.45, 2.75) is 39.7 Å². The van der Waals surface area contributed by atoms with Crippen molar-refractivity contribution in [2.24, 2.45) is 11.8 Å². The molecule has 2 atom stereocenters. The Bertz CT molecular complexity index is 871. The van der Waals surface area contributed by atoms with Crippen molar-refractivity contribution < 1.29 is 24.4 Å². The summed E-state index contributed by atoms with van der Waals surface area (Å²) in [5.74, 6) is -2.45. The molecule has 0 aliphatic carbocycles. The van der Waals surface area contributed by atoms with Gasteiger partial charge in [0.25, 0.3) is 0 Å². The van der Waals surface area contributed by atoms with Gasteiger partial charge in [0, 0.05) is 6.54 Å². The summed E-state index contributed by atoms with van der Waals surface area (Å²) < 4.78 is 5.18. The summed E-state index contributed by atoms with van der Waals surface area (Å²) in [7, 11) is -0.183. The van der Waals surface area contributed by atoms with Gasteiger partial charge in [-0.2, -0.15) is 0 Å². The Hall–Kier alpha value is -2.84. The van der Waals surface area contributed by atoms with E-state index in [2.05, 4.69) is 10.6 Å². The largest absolute Gasteiger partial charge is 0.497 e. The topological polar surface area (TPSA) is 108 Å². The molecule has 0 aromatic heterocycles. The fourth-order valence-electron chi connectivity index (χ4n) is 3.29. The molecule has 0 heterocycles. The molecule has 0 saturated heterocycles. The predicted molar refractivity (Wildman–Crippen MR) is 120 cm³/mol. The van der Waals surface area contributed by atoms with Gasteiger partial charge in [-0.25, -0.2) is 0 Å². The monoisotopic (exact) mass is 426 g/mol. The molecule has 31 heavy (non-hydrogen) atoms. The Balaban J connectivity index is 2.04.